The van der Waals surface area contributed by atoms with E-state index in [1.165, 1.54) is 17.8 Å². The van der Waals surface area contributed by atoms with Gasteiger partial charge in [0.15, 0.2) is 0 Å². The third-order valence-corrected chi connectivity index (χ3v) is 6.97. The highest BCUT2D eigenvalue weighted by molar-refractivity contribution is 8.00. The van der Waals surface area contributed by atoms with Gasteiger partial charge in [-0.3, -0.25) is 19.4 Å². The fourth-order valence-electron chi connectivity index (χ4n) is 4.38. The molecule has 1 aromatic carbocycles. The summed E-state index contributed by atoms with van der Waals surface area (Å²) in [6, 6.07) is 8.83. The summed E-state index contributed by atoms with van der Waals surface area (Å²) in [5.74, 6) is -0.104. The Balaban J connectivity index is 1.20. The second-order valence-electron chi connectivity index (χ2n) is 8.49. The smallest absolute Gasteiger partial charge is 0.240 e. The number of hydrogen-bond donors (Lipinski definition) is 1. The van der Waals surface area contributed by atoms with E-state index in [-0.39, 0.29) is 24.2 Å². The van der Waals surface area contributed by atoms with E-state index in [9.17, 15) is 14.0 Å². The topological polar surface area (TPSA) is 68.8 Å². The summed E-state index contributed by atoms with van der Waals surface area (Å²) in [5, 5.41) is 3.76. The highest BCUT2D eigenvalue weighted by Gasteiger charge is 2.29. The molecule has 7 nitrogen and oxygen atoms in total. The van der Waals surface area contributed by atoms with Gasteiger partial charge in [-0.25, -0.2) is 9.37 Å². The van der Waals surface area contributed by atoms with Gasteiger partial charge in [0.1, 0.15) is 17.4 Å². The predicted molar refractivity (Wildman–Crippen MR) is 129 cm³/mol. The normalized spacial score (nSPS) is 16.6. The van der Waals surface area contributed by atoms with Crippen LogP contribution < -0.4 is 15.1 Å². The van der Waals surface area contributed by atoms with E-state index in [4.69, 9.17) is 0 Å². The maximum atomic E-state index is 14.0. The molecule has 33 heavy (non-hydrogen) atoms. The van der Waals surface area contributed by atoms with Gasteiger partial charge in [-0.15, -0.1) is 0 Å². The van der Waals surface area contributed by atoms with Crippen LogP contribution in [0.25, 0.3) is 0 Å². The molecule has 1 saturated heterocycles. The molecule has 2 aliphatic rings. The number of pyridine rings is 1. The lowest BCUT2D eigenvalue weighted by atomic mass is 10.2. The molecule has 0 radical (unpaired) electrons. The lowest BCUT2D eigenvalue weighted by Gasteiger charge is -2.36. The van der Waals surface area contributed by atoms with Crippen molar-refractivity contribution in [2.24, 2.45) is 0 Å². The van der Waals surface area contributed by atoms with Gasteiger partial charge in [-0.1, -0.05) is 23.9 Å². The maximum Gasteiger partial charge on any atom is 0.240 e. The summed E-state index contributed by atoms with van der Waals surface area (Å²) in [4.78, 5) is 35.5. The number of para-hydroxylation sites is 1. The first-order chi connectivity index (χ1) is 15.9. The van der Waals surface area contributed by atoms with Crippen molar-refractivity contribution in [1.29, 1.82) is 0 Å². The average Bonchev–Trinajstić information content (AvgIpc) is 2.79. The molecule has 2 aromatic rings. The van der Waals surface area contributed by atoms with Crippen molar-refractivity contribution >= 4 is 35.0 Å². The Morgan fingerprint density at radius 2 is 1.94 bits per heavy atom. The van der Waals surface area contributed by atoms with Gasteiger partial charge in [0.25, 0.3) is 0 Å². The molecule has 0 saturated carbocycles. The number of amides is 2. The van der Waals surface area contributed by atoms with Gasteiger partial charge in [-0.05, 0) is 50.6 Å². The Kier molecular flexibility index (Phi) is 7.49. The van der Waals surface area contributed by atoms with Crippen LogP contribution in [0.1, 0.15) is 17.7 Å². The van der Waals surface area contributed by atoms with E-state index in [1.807, 2.05) is 32.0 Å². The molecule has 1 fully saturated rings. The van der Waals surface area contributed by atoms with E-state index < -0.39 is 0 Å². The molecule has 0 bridgehead atoms. The van der Waals surface area contributed by atoms with Crippen molar-refractivity contribution in [3.8, 4) is 0 Å². The van der Waals surface area contributed by atoms with Crippen LogP contribution in [0, 0.1) is 19.7 Å². The summed E-state index contributed by atoms with van der Waals surface area (Å²) in [6.45, 7) is 8.62. The van der Waals surface area contributed by atoms with Gasteiger partial charge < -0.3 is 10.2 Å². The first kappa shape index (κ1) is 23.5. The molecule has 2 amide bonds. The van der Waals surface area contributed by atoms with Crippen LogP contribution in [-0.2, 0) is 9.59 Å². The minimum absolute atomic E-state index is 0.0132. The van der Waals surface area contributed by atoms with Gasteiger partial charge in [0.2, 0.25) is 11.8 Å². The number of benzene rings is 1. The minimum Gasteiger partial charge on any atom is -0.367 e. The first-order valence-electron chi connectivity index (χ1n) is 11.3. The Morgan fingerprint density at radius 1 is 1.18 bits per heavy atom. The van der Waals surface area contributed by atoms with Gasteiger partial charge >= 0.3 is 0 Å². The second kappa shape index (κ2) is 10.5. The van der Waals surface area contributed by atoms with E-state index in [0.29, 0.717) is 18.0 Å². The molecule has 3 heterocycles. The molecule has 4 rings (SSSR count). The lowest BCUT2D eigenvalue weighted by Crippen LogP contribution is -2.47. The molecule has 0 spiro atoms. The predicted octanol–water partition coefficient (Wildman–Crippen LogP) is 2.60. The molecule has 0 aliphatic carbocycles. The molecule has 0 unspecified atom stereocenters. The number of carbonyl (C=O) groups excluding carboxylic acids is 2. The molecule has 9 heteroatoms. The fraction of sp³-hybridized carbons (Fsp3) is 0.458. The van der Waals surface area contributed by atoms with E-state index in [0.717, 1.165) is 61.1 Å². The molecule has 1 aromatic heterocycles. The molecular formula is C24H30FN5O2S. The number of halogens is 1. The average molecular weight is 472 g/mol. The zero-order valence-corrected chi connectivity index (χ0v) is 20.0. The van der Waals surface area contributed by atoms with Crippen LogP contribution in [0.2, 0.25) is 0 Å². The van der Waals surface area contributed by atoms with E-state index in [2.05, 4.69) is 20.1 Å². The monoisotopic (exact) mass is 471 g/mol. The van der Waals surface area contributed by atoms with Gasteiger partial charge in [0.05, 0.1) is 17.1 Å². The lowest BCUT2D eigenvalue weighted by molar-refractivity contribution is -0.123. The standard InChI is InChI=1S/C24H30FN5O2S/c1-17-14-18(2)27-24-23(17)30(22(32)16-33-24)15-21(31)26-8-5-9-28-10-12-29(13-11-28)20-7-4-3-6-19(20)25/h3-4,6-7,14H,5,8-13,15-16H2,1-2H3,(H,26,31). The van der Waals surface area contributed by atoms with Gasteiger partial charge in [-0.2, -0.15) is 0 Å². The van der Waals surface area contributed by atoms with Crippen LogP contribution in [0.5, 0.6) is 0 Å². The molecule has 176 valence electrons. The number of aromatic nitrogens is 1. The Bertz CT molecular complexity index is 1030. The number of anilines is 2. The minimum atomic E-state index is -0.178. The number of nitrogens with one attached hydrogen (secondary N) is 1. The van der Waals surface area contributed by atoms with Crippen molar-refractivity contribution < 1.29 is 14.0 Å². The number of nitrogens with zero attached hydrogens (tertiary/aromatic N) is 4. The summed E-state index contributed by atoms with van der Waals surface area (Å²) >= 11 is 1.43. The van der Waals surface area contributed by atoms with E-state index >= 15 is 0 Å². The van der Waals surface area contributed by atoms with Crippen LogP contribution in [0.15, 0.2) is 35.4 Å². The largest absolute Gasteiger partial charge is 0.367 e. The summed E-state index contributed by atoms with van der Waals surface area (Å²) < 4.78 is 14.0. The third kappa shape index (κ3) is 5.65. The van der Waals surface area contributed by atoms with Crippen LogP contribution >= 0.6 is 11.8 Å². The number of hydrogen-bond acceptors (Lipinski definition) is 6. The molecule has 2 aliphatic heterocycles. The SMILES string of the molecule is Cc1cc(C)c2c(n1)SCC(=O)N2CC(=O)NCCCN1CCN(c2ccccc2F)CC1. The van der Waals surface area contributed by atoms with Crippen molar-refractivity contribution in [2.75, 3.05) is 61.4 Å². The molecule has 1 N–H and O–H groups in total. The summed E-state index contributed by atoms with van der Waals surface area (Å²) in [7, 11) is 0. The second-order valence-corrected chi connectivity index (χ2v) is 9.45. The molecular weight excluding hydrogens is 441 g/mol. The highest BCUT2D eigenvalue weighted by atomic mass is 32.2. The first-order valence-corrected chi connectivity index (χ1v) is 12.3. The summed E-state index contributed by atoms with van der Waals surface area (Å²) in [6.07, 6.45) is 0.825. The van der Waals surface area contributed by atoms with Crippen LogP contribution in [-0.4, -0.2) is 73.3 Å². The van der Waals surface area contributed by atoms with Crippen molar-refractivity contribution in [3.63, 3.8) is 0 Å². The maximum absolute atomic E-state index is 14.0. The number of fused-ring (bicyclic) bond motifs is 1. The Labute approximate surface area is 198 Å². The van der Waals surface area contributed by atoms with Crippen molar-refractivity contribution in [1.82, 2.24) is 15.2 Å². The number of aryl methyl sites for hydroxylation is 2. The summed E-state index contributed by atoms with van der Waals surface area (Å²) in [5.41, 5.74) is 3.29. The highest BCUT2D eigenvalue weighted by Crippen LogP contribution is 2.36. The number of carbonyl (C=O) groups is 2. The van der Waals surface area contributed by atoms with Crippen LogP contribution in [0.3, 0.4) is 0 Å². The molecule has 0 atom stereocenters. The number of thioether (sulfide) groups is 1. The van der Waals surface area contributed by atoms with Crippen LogP contribution in [0.4, 0.5) is 15.8 Å². The Morgan fingerprint density at radius 3 is 2.70 bits per heavy atom. The number of rotatable bonds is 7. The van der Waals surface area contributed by atoms with E-state index in [1.54, 1.807) is 11.0 Å². The quantitative estimate of drug-likeness (QED) is 0.626. The van der Waals surface area contributed by atoms with Gasteiger partial charge in [0, 0.05) is 38.4 Å². The third-order valence-electron chi connectivity index (χ3n) is 6.02. The number of piperazine rings is 1. The zero-order chi connectivity index (χ0) is 23.4. The zero-order valence-electron chi connectivity index (χ0n) is 19.1. The fourth-order valence-corrected chi connectivity index (χ4v) is 5.41. The van der Waals surface area contributed by atoms with Crippen molar-refractivity contribution in [3.05, 3.63) is 47.4 Å². The Hall–Kier alpha value is -2.65. The van der Waals surface area contributed by atoms with Crippen molar-refractivity contribution in [2.45, 2.75) is 25.3 Å².